The first-order valence-corrected chi connectivity index (χ1v) is 7.65. The number of nitrogens with zero attached hydrogens (tertiary/aromatic N) is 1. The number of halogens is 1. The molecule has 0 aliphatic carbocycles. The second-order valence-corrected chi connectivity index (χ2v) is 7.11. The second kappa shape index (κ2) is 4.85. The average molecular weight is 252 g/mol. The molecule has 0 spiro atoms. The Balaban J connectivity index is 2.67. The van der Waals surface area contributed by atoms with Crippen LogP contribution in [0, 0.1) is 0 Å². The summed E-state index contributed by atoms with van der Waals surface area (Å²) in [6.07, 6.45) is 2.09. The number of hydrogen-bond donors (Lipinski definition) is 0. The number of rotatable bonds is 4. The molecule has 1 aliphatic rings. The predicted molar refractivity (Wildman–Crippen MR) is 63.6 cm³/mol. The van der Waals surface area contributed by atoms with Gasteiger partial charge in [0.1, 0.15) is 0 Å². The third kappa shape index (κ3) is 3.78. The van der Waals surface area contributed by atoms with Gasteiger partial charge in [-0.2, -0.15) is 0 Å². The predicted octanol–water partition coefficient (Wildman–Crippen LogP) is 1.98. The quantitative estimate of drug-likeness (QED) is 0.567. The molecule has 15 heavy (non-hydrogen) atoms. The third-order valence-electron chi connectivity index (χ3n) is 2.79. The van der Waals surface area contributed by atoms with Crippen LogP contribution < -0.4 is 0 Å². The first kappa shape index (κ1) is 13.0. The highest BCUT2D eigenvalue weighted by Gasteiger charge is 2.29. The van der Waals surface area contributed by atoms with E-state index in [1.54, 1.807) is 0 Å². The van der Waals surface area contributed by atoms with Crippen molar-refractivity contribution < 1.29 is 8.42 Å². The van der Waals surface area contributed by atoms with Crippen molar-refractivity contribution in [3.8, 4) is 0 Å². The first-order chi connectivity index (χ1) is 6.81. The zero-order chi connectivity index (χ0) is 11.6. The maximum atomic E-state index is 11.0. The fraction of sp³-hybridized carbons (Fsp3) is 0.800. The SMILES string of the molecule is C=C(CS(=O)(=O)Cl)C1CCCN1C(C)C. The highest BCUT2D eigenvalue weighted by atomic mass is 35.7. The van der Waals surface area contributed by atoms with Crippen LogP contribution in [0.25, 0.3) is 0 Å². The Kier molecular flexibility index (Phi) is 4.20. The van der Waals surface area contributed by atoms with E-state index in [9.17, 15) is 8.42 Å². The van der Waals surface area contributed by atoms with Crippen molar-refractivity contribution in [1.82, 2.24) is 4.90 Å². The summed E-state index contributed by atoms with van der Waals surface area (Å²) in [6, 6.07) is 0.603. The minimum absolute atomic E-state index is 0.109. The summed E-state index contributed by atoms with van der Waals surface area (Å²) in [5.41, 5.74) is 0.719. The third-order valence-corrected chi connectivity index (χ3v) is 3.83. The van der Waals surface area contributed by atoms with Gasteiger partial charge in [0, 0.05) is 22.8 Å². The lowest BCUT2D eigenvalue weighted by Gasteiger charge is -2.29. The van der Waals surface area contributed by atoms with Crippen LogP contribution in [0.4, 0.5) is 0 Å². The van der Waals surface area contributed by atoms with E-state index < -0.39 is 9.05 Å². The van der Waals surface area contributed by atoms with Crippen LogP contribution in [0.3, 0.4) is 0 Å². The average Bonchev–Trinajstić information content (AvgIpc) is 2.47. The standard InChI is InChI=1S/C10H18ClNO2S/c1-8(2)12-6-4-5-10(12)9(3)7-15(11,13)14/h8,10H,3-7H2,1-2H3. The highest BCUT2D eigenvalue weighted by Crippen LogP contribution is 2.26. The van der Waals surface area contributed by atoms with Gasteiger partial charge in [-0.3, -0.25) is 4.90 Å². The molecule has 1 heterocycles. The van der Waals surface area contributed by atoms with Gasteiger partial charge in [0.2, 0.25) is 9.05 Å². The maximum absolute atomic E-state index is 11.0. The van der Waals surface area contributed by atoms with Gasteiger partial charge in [-0.25, -0.2) is 8.42 Å². The van der Waals surface area contributed by atoms with Gasteiger partial charge in [-0.05, 0) is 38.8 Å². The molecule has 0 bridgehead atoms. The minimum atomic E-state index is -3.46. The topological polar surface area (TPSA) is 37.4 Å². The molecule has 1 atom stereocenters. The van der Waals surface area contributed by atoms with E-state index in [1.165, 1.54) is 0 Å². The fourth-order valence-electron chi connectivity index (χ4n) is 2.16. The van der Waals surface area contributed by atoms with Crippen LogP contribution in [0.2, 0.25) is 0 Å². The van der Waals surface area contributed by atoms with Gasteiger partial charge in [-0.1, -0.05) is 6.58 Å². The maximum Gasteiger partial charge on any atom is 0.236 e. The van der Waals surface area contributed by atoms with Crippen LogP contribution in [0.5, 0.6) is 0 Å². The molecule has 1 aliphatic heterocycles. The summed E-state index contributed by atoms with van der Waals surface area (Å²) < 4.78 is 21.9. The van der Waals surface area contributed by atoms with E-state index in [2.05, 4.69) is 25.3 Å². The molecule has 3 nitrogen and oxygen atoms in total. The van der Waals surface area contributed by atoms with Crippen LogP contribution in [-0.2, 0) is 9.05 Å². The molecule has 1 fully saturated rings. The van der Waals surface area contributed by atoms with Gasteiger partial charge in [-0.15, -0.1) is 0 Å². The molecular weight excluding hydrogens is 234 g/mol. The molecule has 1 rings (SSSR count). The van der Waals surface area contributed by atoms with Gasteiger partial charge in [0.15, 0.2) is 0 Å². The van der Waals surface area contributed by atoms with Crippen molar-refractivity contribution in [2.75, 3.05) is 12.3 Å². The first-order valence-electron chi connectivity index (χ1n) is 5.17. The zero-order valence-corrected chi connectivity index (χ0v) is 10.8. The van der Waals surface area contributed by atoms with E-state index in [1.807, 2.05) is 0 Å². The minimum Gasteiger partial charge on any atom is -0.294 e. The van der Waals surface area contributed by atoms with Crippen molar-refractivity contribution in [2.45, 2.75) is 38.8 Å². The largest absolute Gasteiger partial charge is 0.294 e. The van der Waals surface area contributed by atoms with E-state index in [4.69, 9.17) is 10.7 Å². The van der Waals surface area contributed by atoms with Crippen LogP contribution in [0.1, 0.15) is 26.7 Å². The second-order valence-electron chi connectivity index (χ2n) is 4.33. The Hall–Kier alpha value is -0.0600. The molecule has 0 saturated carbocycles. The van der Waals surface area contributed by atoms with Crippen molar-refractivity contribution in [3.05, 3.63) is 12.2 Å². The lowest BCUT2D eigenvalue weighted by atomic mass is 10.1. The van der Waals surface area contributed by atoms with Crippen molar-refractivity contribution in [1.29, 1.82) is 0 Å². The summed E-state index contributed by atoms with van der Waals surface area (Å²) in [5.74, 6) is -0.109. The van der Waals surface area contributed by atoms with Crippen LogP contribution >= 0.6 is 10.7 Å². The van der Waals surface area contributed by atoms with E-state index >= 15 is 0 Å². The summed E-state index contributed by atoms with van der Waals surface area (Å²) >= 11 is 0. The summed E-state index contributed by atoms with van der Waals surface area (Å²) in [7, 11) is 1.76. The molecule has 0 aromatic rings. The molecule has 0 amide bonds. The fourth-order valence-corrected chi connectivity index (χ4v) is 3.22. The lowest BCUT2D eigenvalue weighted by molar-refractivity contribution is 0.227. The lowest BCUT2D eigenvalue weighted by Crippen LogP contribution is -2.37. The summed E-state index contributed by atoms with van der Waals surface area (Å²) in [5, 5.41) is 0. The highest BCUT2D eigenvalue weighted by molar-refractivity contribution is 8.13. The van der Waals surface area contributed by atoms with Crippen molar-refractivity contribution in [2.24, 2.45) is 0 Å². The number of likely N-dealkylation sites (tertiary alicyclic amines) is 1. The Bertz CT molecular complexity index is 337. The van der Waals surface area contributed by atoms with Crippen LogP contribution in [-0.4, -0.2) is 37.7 Å². The summed E-state index contributed by atoms with van der Waals surface area (Å²) in [4.78, 5) is 2.28. The molecule has 1 unspecified atom stereocenters. The smallest absolute Gasteiger partial charge is 0.236 e. The molecule has 88 valence electrons. The Morgan fingerprint density at radius 3 is 2.67 bits per heavy atom. The monoisotopic (exact) mass is 251 g/mol. The summed E-state index contributed by atoms with van der Waals surface area (Å²) in [6.45, 7) is 9.09. The van der Waals surface area contributed by atoms with E-state index in [-0.39, 0.29) is 11.8 Å². The van der Waals surface area contributed by atoms with Gasteiger partial charge >= 0.3 is 0 Å². The van der Waals surface area contributed by atoms with E-state index in [0.29, 0.717) is 6.04 Å². The Morgan fingerprint density at radius 2 is 2.20 bits per heavy atom. The van der Waals surface area contributed by atoms with Gasteiger partial charge < -0.3 is 0 Å². The molecule has 0 radical (unpaired) electrons. The molecular formula is C10H18ClNO2S. The molecule has 5 heteroatoms. The zero-order valence-electron chi connectivity index (χ0n) is 9.24. The molecule has 0 aromatic heterocycles. The normalized spacial score (nSPS) is 23.6. The van der Waals surface area contributed by atoms with Gasteiger partial charge in [0.05, 0.1) is 5.75 Å². The molecule has 1 saturated heterocycles. The van der Waals surface area contributed by atoms with Crippen LogP contribution in [0.15, 0.2) is 12.2 Å². The Morgan fingerprint density at radius 1 is 1.60 bits per heavy atom. The number of hydrogen-bond acceptors (Lipinski definition) is 3. The van der Waals surface area contributed by atoms with Crippen molar-refractivity contribution >= 4 is 19.7 Å². The Labute approximate surface area is 96.5 Å². The van der Waals surface area contributed by atoms with E-state index in [0.717, 1.165) is 25.0 Å². The molecule has 0 aromatic carbocycles. The molecule has 0 N–H and O–H groups in total. The van der Waals surface area contributed by atoms with Gasteiger partial charge in [0.25, 0.3) is 0 Å². The van der Waals surface area contributed by atoms with Crippen molar-refractivity contribution in [3.63, 3.8) is 0 Å².